The van der Waals surface area contributed by atoms with Gasteiger partial charge >= 0.3 is 0 Å². The number of aromatic nitrogens is 2. The molecular formula is C15H17ClFN3. The molecular weight excluding hydrogens is 277 g/mol. The molecule has 3 nitrogen and oxygen atoms in total. The molecule has 2 aromatic rings. The zero-order valence-electron chi connectivity index (χ0n) is 11.6. The Kier molecular flexibility index (Phi) is 4.90. The van der Waals surface area contributed by atoms with Gasteiger partial charge in [-0.3, -0.25) is 0 Å². The molecule has 106 valence electrons. The molecule has 0 aliphatic carbocycles. The van der Waals surface area contributed by atoms with Crippen LogP contribution in [0.4, 0.5) is 10.2 Å². The van der Waals surface area contributed by atoms with Crippen LogP contribution in [-0.4, -0.2) is 16.5 Å². The smallest absolute Gasteiger partial charge is 0.161 e. The molecule has 0 unspecified atom stereocenters. The predicted octanol–water partition coefficient (Wildman–Crippen LogP) is 4.32. The maximum Gasteiger partial charge on any atom is 0.161 e. The van der Waals surface area contributed by atoms with E-state index in [2.05, 4.69) is 22.2 Å². The summed E-state index contributed by atoms with van der Waals surface area (Å²) >= 11 is 5.82. The van der Waals surface area contributed by atoms with Gasteiger partial charge in [0.05, 0.1) is 5.02 Å². The summed E-state index contributed by atoms with van der Waals surface area (Å²) in [4.78, 5) is 8.96. The summed E-state index contributed by atoms with van der Waals surface area (Å²) in [5, 5.41) is 3.26. The van der Waals surface area contributed by atoms with Crippen molar-refractivity contribution < 1.29 is 4.39 Å². The molecule has 0 amide bonds. The van der Waals surface area contributed by atoms with Gasteiger partial charge in [-0.05, 0) is 31.5 Å². The third-order valence-electron chi connectivity index (χ3n) is 2.82. The van der Waals surface area contributed by atoms with E-state index in [1.54, 1.807) is 12.1 Å². The first kappa shape index (κ1) is 14.7. The highest BCUT2D eigenvalue weighted by atomic mass is 35.5. The van der Waals surface area contributed by atoms with Crippen LogP contribution in [0.1, 0.15) is 26.0 Å². The topological polar surface area (TPSA) is 37.8 Å². The normalized spacial score (nSPS) is 10.6. The van der Waals surface area contributed by atoms with Gasteiger partial charge < -0.3 is 5.32 Å². The molecule has 1 N–H and O–H groups in total. The van der Waals surface area contributed by atoms with Gasteiger partial charge in [-0.1, -0.05) is 24.9 Å². The summed E-state index contributed by atoms with van der Waals surface area (Å²) in [7, 11) is 0. The summed E-state index contributed by atoms with van der Waals surface area (Å²) in [5.41, 5.74) is 1.68. The Balaban J connectivity index is 2.45. The fraction of sp³-hybridized carbons (Fsp3) is 0.333. The van der Waals surface area contributed by atoms with E-state index < -0.39 is 5.82 Å². The first-order valence-corrected chi connectivity index (χ1v) is 7.09. The number of aryl methyl sites for hydroxylation is 1. The SMILES string of the molecule is CCCc1cc(NCC)nc(-c2ccc(F)c(Cl)c2)n1. The lowest BCUT2D eigenvalue weighted by Gasteiger charge is -2.09. The highest BCUT2D eigenvalue weighted by Crippen LogP contribution is 2.24. The van der Waals surface area contributed by atoms with E-state index in [1.807, 2.05) is 13.0 Å². The van der Waals surface area contributed by atoms with Crippen molar-refractivity contribution >= 4 is 17.4 Å². The summed E-state index contributed by atoms with van der Waals surface area (Å²) in [6.45, 7) is 4.89. The second-order valence-electron chi connectivity index (χ2n) is 4.48. The number of rotatable bonds is 5. The number of halogens is 2. The van der Waals surface area contributed by atoms with Crippen LogP contribution in [-0.2, 0) is 6.42 Å². The van der Waals surface area contributed by atoms with Crippen LogP contribution in [0.3, 0.4) is 0 Å². The van der Waals surface area contributed by atoms with Crippen LogP contribution in [0.2, 0.25) is 5.02 Å². The van der Waals surface area contributed by atoms with Crippen molar-refractivity contribution in [3.63, 3.8) is 0 Å². The minimum atomic E-state index is -0.438. The molecule has 0 saturated carbocycles. The first-order valence-electron chi connectivity index (χ1n) is 6.71. The van der Waals surface area contributed by atoms with Crippen LogP contribution >= 0.6 is 11.6 Å². The summed E-state index contributed by atoms with van der Waals surface area (Å²) in [6, 6.07) is 6.47. The van der Waals surface area contributed by atoms with Crippen LogP contribution in [0.5, 0.6) is 0 Å². The molecule has 1 aromatic heterocycles. The second-order valence-corrected chi connectivity index (χ2v) is 4.88. The standard InChI is InChI=1S/C15H17ClFN3/c1-3-5-11-9-14(18-4-2)20-15(19-11)10-6-7-13(17)12(16)8-10/h6-9H,3-5H2,1-2H3,(H,18,19,20). The maximum absolute atomic E-state index is 13.2. The minimum absolute atomic E-state index is 0.0806. The van der Waals surface area contributed by atoms with Gasteiger partial charge in [0.2, 0.25) is 0 Å². The molecule has 0 bridgehead atoms. The van der Waals surface area contributed by atoms with Gasteiger partial charge in [-0.15, -0.1) is 0 Å². The molecule has 0 saturated heterocycles. The first-order chi connectivity index (χ1) is 9.63. The molecule has 0 spiro atoms. The van der Waals surface area contributed by atoms with Gasteiger partial charge in [0.25, 0.3) is 0 Å². The molecule has 5 heteroatoms. The Morgan fingerprint density at radius 2 is 2.00 bits per heavy atom. The lowest BCUT2D eigenvalue weighted by Crippen LogP contribution is -2.04. The van der Waals surface area contributed by atoms with Crippen molar-refractivity contribution in [2.24, 2.45) is 0 Å². The van der Waals surface area contributed by atoms with Gasteiger partial charge in [0, 0.05) is 23.9 Å². The zero-order chi connectivity index (χ0) is 14.5. The van der Waals surface area contributed by atoms with Crippen LogP contribution in [0, 0.1) is 5.82 Å². The van der Waals surface area contributed by atoms with Crippen molar-refractivity contribution in [3.05, 3.63) is 40.8 Å². The summed E-state index contributed by atoms with van der Waals surface area (Å²) < 4.78 is 13.2. The molecule has 1 aromatic carbocycles. The molecule has 0 aliphatic rings. The van der Waals surface area contributed by atoms with E-state index in [0.717, 1.165) is 30.9 Å². The highest BCUT2D eigenvalue weighted by molar-refractivity contribution is 6.31. The van der Waals surface area contributed by atoms with Crippen LogP contribution < -0.4 is 5.32 Å². The monoisotopic (exact) mass is 293 g/mol. The lowest BCUT2D eigenvalue weighted by atomic mass is 10.2. The van der Waals surface area contributed by atoms with Gasteiger partial charge in [0.15, 0.2) is 5.82 Å². The zero-order valence-corrected chi connectivity index (χ0v) is 12.3. The summed E-state index contributed by atoms with van der Waals surface area (Å²) in [6.07, 6.45) is 1.88. The van der Waals surface area contributed by atoms with Crippen molar-refractivity contribution in [2.45, 2.75) is 26.7 Å². The van der Waals surface area contributed by atoms with E-state index >= 15 is 0 Å². The number of anilines is 1. The molecule has 0 fully saturated rings. The Hall–Kier alpha value is -1.68. The Labute approximate surface area is 123 Å². The minimum Gasteiger partial charge on any atom is -0.370 e. The molecule has 1 heterocycles. The third kappa shape index (κ3) is 3.45. The Morgan fingerprint density at radius 1 is 1.20 bits per heavy atom. The van der Waals surface area contributed by atoms with E-state index in [4.69, 9.17) is 11.6 Å². The van der Waals surface area contributed by atoms with E-state index in [1.165, 1.54) is 6.07 Å². The van der Waals surface area contributed by atoms with Crippen molar-refractivity contribution in [1.29, 1.82) is 0 Å². The van der Waals surface area contributed by atoms with Gasteiger partial charge in [0.1, 0.15) is 11.6 Å². The number of hydrogen-bond donors (Lipinski definition) is 1. The highest BCUT2D eigenvalue weighted by Gasteiger charge is 2.09. The maximum atomic E-state index is 13.2. The van der Waals surface area contributed by atoms with Crippen molar-refractivity contribution in [1.82, 2.24) is 9.97 Å². The number of hydrogen-bond acceptors (Lipinski definition) is 3. The second kappa shape index (κ2) is 6.66. The average Bonchev–Trinajstić information content (AvgIpc) is 2.42. The van der Waals surface area contributed by atoms with E-state index in [0.29, 0.717) is 11.4 Å². The van der Waals surface area contributed by atoms with E-state index in [-0.39, 0.29) is 5.02 Å². The Morgan fingerprint density at radius 3 is 2.65 bits per heavy atom. The fourth-order valence-electron chi connectivity index (χ4n) is 1.92. The fourth-order valence-corrected chi connectivity index (χ4v) is 2.10. The quantitative estimate of drug-likeness (QED) is 0.892. The predicted molar refractivity (Wildman–Crippen MR) is 80.6 cm³/mol. The van der Waals surface area contributed by atoms with Crippen LogP contribution in [0.15, 0.2) is 24.3 Å². The lowest BCUT2D eigenvalue weighted by molar-refractivity contribution is 0.628. The van der Waals surface area contributed by atoms with Crippen LogP contribution in [0.25, 0.3) is 11.4 Å². The molecule has 0 aliphatic heterocycles. The van der Waals surface area contributed by atoms with Crippen molar-refractivity contribution in [3.8, 4) is 11.4 Å². The number of nitrogens with one attached hydrogen (secondary N) is 1. The number of benzene rings is 1. The number of nitrogens with zero attached hydrogens (tertiary/aromatic N) is 2. The molecule has 0 atom stereocenters. The van der Waals surface area contributed by atoms with Crippen molar-refractivity contribution in [2.75, 3.05) is 11.9 Å². The molecule has 0 radical (unpaired) electrons. The van der Waals surface area contributed by atoms with Gasteiger partial charge in [-0.25, -0.2) is 14.4 Å². The molecule has 20 heavy (non-hydrogen) atoms. The van der Waals surface area contributed by atoms with E-state index in [9.17, 15) is 4.39 Å². The summed E-state index contributed by atoms with van der Waals surface area (Å²) in [5.74, 6) is 0.905. The largest absolute Gasteiger partial charge is 0.370 e. The average molecular weight is 294 g/mol. The third-order valence-corrected chi connectivity index (χ3v) is 3.11. The molecule has 2 rings (SSSR count). The van der Waals surface area contributed by atoms with Gasteiger partial charge in [-0.2, -0.15) is 0 Å². The Bertz CT molecular complexity index is 577.